The molecule has 1 N–H and O–H groups in total. The number of carbonyl (C=O) groups excluding carboxylic acids is 1. The fourth-order valence-corrected chi connectivity index (χ4v) is 3.68. The van der Waals surface area contributed by atoms with Crippen molar-refractivity contribution in [2.45, 2.75) is 57.3 Å². The van der Waals surface area contributed by atoms with Gasteiger partial charge in [-0.3, -0.25) is 0 Å². The van der Waals surface area contributed by atoms with Crippen molar-refractivity contribution in [1.29, 1.82) is 0 Å². The van der Waals surface area contributed by atoms with Gasteiger partial charge in [-0.25, -0.2) is 4.79 Å². The number of hydrogen-bond donors (Lipinski definition) is 1. The summed E-state index contributed by atoms with van der Waals surface area (Å²) in [5.41, 5.74) is 1.03. The van der Waals surface area contributed by atoms with Gasteiger partial charge in [-0.15, -0.1) is 12.4 Å². The molecule has 0 radical (unpaired) electrons. The Bertz CT molecular complexity index is 523. The van der Waals surface area contributed by atoms with E-state index in [1.165, 1.54) is 6.42 Å². The van der Waals surface area contributed by atoms with Gasteiger partial charge in [0.1, 0.15) is 6.61 Å². The Morgan fingerprint density at radius 1 is 1.12 bits per heavy atom. The van der Waals surface area contributed by atoms with Gasteiger partial charge in [-0.2, -0.15) is 0 Å². The summed E-state index contributed by atoms with van der Waals surface area (Å²) in [4.78, 5) is 14.4. The van der Waals surface area contributed by atoms with Gasteiger partial charge < -0.3 is 19.7 Å². The van der Waals surface area contributed by atoms with Gasteiger partial charge in [0.15, 0.2) is 0 Å². The van der Waals surface area contributed by atoms with E-state index < -0.39 is 0 Å². The number of benzene rings is 1. The summed E-state index contributed by atoms with van der Waals surface area (Å²) in [6, 6.07) is 10.1. The molecule has 1 aromatic rings. The molecule has 2 saturated heterocycles. The predicted molar refractivity (Wildman–Crippen MR) is 105 cm³/mol. The number of carbonyl (C=O) groups is 1. The summed E-state index contributed by atoms with van der Waals surface area (Å²) in [5, 5.41) is 3.35. The largest absolute Gasteiger partial charge is 0.445 e. The molecule has 0 aliphatic carbocycles. The maximum atomic E-state index is 12.5. The number of ether oxygens (including phenoxy) is 2. The summed E-state index contributed by atoms with van der Waals surface area (Å²) in [6.07, 6.45) is 6.58. The Morgan fingerprint density at radius 3 is 2.65 bits per heavy atom. The molecule has 2 fully saturated rings. The first kappa shape index (κ1) is 21.0. The molecule has 0 saturated carbocycles. The predicted octanol–water partition coefficient (Wildman–Crippen LogP) is 3.76. The summed E-state index contributed by atoms with van der Waals surface area (Å²) >= 11 is 0. The van der Waals surface area contributed by atoms with Gasteiger partial charge in [-0.1, -0.05) is 30.3 Å². The van der Waals surface area contributed by atoms with E-state index in [1.807, 2.05) is 35.2 Å². The molecule has 2 aliphatic heterocycles. The Hall–Kier alpha value is -1.30. The first-order valence-electron chi connectivity index (χ1n) is 9.62. The zero-order valence-corrected chi connectivity index (χ0v) is 16.2. The Morgan fingerprint density at radius 2 is 1.88 bits per heavy atom. The molecule has 1 atom stereocenters. The minimum absolute atomic E-state index is 0. The highest BCUT2D eigenvalue weighted by Crippen LogP contribution is 2.21. The van der Waals surface area contributed by atoms with E-state index in [0.717, 1.165) is 63.9 Å². The third kappa shape index (κ3) is 6.45. The van der Waals surface area contributed by atoms with E-state index in [4.69, 9.17) is 9.47 Å². The fraction of sp³-hybridized carbons (Fsp3) is 0.650. The Labute approximate surface area is 162 Å². The molecule has 1 amide bonds. The number of rotatable bonds is 6. The van der Waals surface area contributed by atoms with Crippen molar-refractivity contribution in [2.75, 3.05) is 26.2 Å². The van der Waals surface area contributed by atoms with Crippen LogP contribution in [0.15, 0.2) is 30.3 Å². The van der Waals surface area contributed by atoms with Crippen molar-refractivity contribution < 1.29 is 14.3 Å². The second-order valence-electron chi connectivity index (χ2n) is 6.99. The van der Waals surface area contributed by atoms with Crippen LogP contribution in [0.1, 0.15) is 44.1 Å². The number of nitrogens with zero attached hydrogens (tertiary/aromatic N) is 1. The number of likely N-dealkylation sites (tertiary alicyclic amines) is 1. The summed E-state index contributed by atoms with van der Waals surface area (Å²) in [5.74, 6) is 0. The highest BCUT2D eigenvalue weighted by atomic mass is 35.5. The van der Waals surface area contributed by atoms with E-state index in [-0.39, 0.29) is 24.5 Å². The molecule has 1 aromatic carbocycles. The quantitative estimate of drug-likeness (QED) is 0.813. The molecule has 26 heavy (non-hydrogen) atoms. The maximum Gasteiger partial charge on any atom is 0.410 e. The Kier molecular flexibility index (Phi) is 9.23. The van der Waals surface area contributed by atoms with Gasteiger partial charge in [0, 0.05) is 19.2 Å². The van der Waals surface area contributed by atoms with Crippen LogP contribution in [0.25, 0.3) is 0 Å². The number of piperidine rings is 2. The third-order valence-electron chi connectivity index (χ3n) is 5.16. The molecule has 0 aromatic heterocycles. The normalized spacial score (nSPS) is 21.1. The molecule has 5 nitrogen and oxygen atoms in total. The van der Waals surface area contributed by atoms with Crippen LogP contribution in [0.2, 0.25) is 0 Å². The maximum absolute atomic E-state index is 12.5. The number of halogens is 1. The van der Waals surface area contributed by atoms with Gasteiger partial charge in [-0.05, 0) is 57.2 Å². The lowest BCUT2D eigenvalue weighted by Crippen LogP contribution is -2.44. The van der Waals surface area contributed by atoms with Crippen molar-refractivity contribution in [3.8, 4) is 0 Å². The van der Waals surface area contributed by atoms with E-state index >= 15 is 0 Å². The number of nitrogens with one attached hydrogen (secondary N) is 1. The van der Waals surface area contributed by atoms with Crippen LogP contribution in [0.4, 0.5) is 4.79 Å². The molecular weight excluding hydrogens is 352 g/mol. The van der Waals surface area contributed by atoms with Crippen LogP contribution in [0.5, 0.6) is 0 Å². The fourth-order valence-electron chi connectivity index (χ4n) is 3.68. The average molecular weight is 383 g/mol. The summed E-state index contributed by atoms with van der Waals surface area (Å²) < 4.78 is 11.6. The first-order valence-corrected chi connectivity index (χ1v) is 9.62. The van der Waals surface area contributed by atoms with E-state index in [0.29, 0.717) is 12.7 Å². The average Bonchev–Trinajstić information content (AvgIpc) is 2.68. The first-order chi connectivity index (χ1) is 12.3. The van der Waals surface area contributed by atoms with Crippen LogP contribution in [0, 0.1) is 0 Å². The second kappa shape index (κ2) is 11.4. The molecule has 2 aliphatic rings. The van der Waals surface area contributed by atoms with Gasteiger partial charge in [0.25, 0.3) is 0 Å². The van der Waals surface area contributed by atoms with Crippen LogP contribution in [-0.2, 0) is 16.1 Å². The highest BCUT2D eigenvalue weighted by molar-refractivity contribution is 5.85. The van der Waals surface area contributed by atoms with Crippen LogP contribution >= 0.6 is 12.4 Å². The zero-order chi connectivity index (χ0) is 17.3. The lowest BCUT2D eigenvalue weighted by Gasteiger charge is -2.35. The molecule has 0 bridgehead atoms. The minimum atomic E-state index is -0.185. The summed E-state index contributed by atoms with van der Waals surface area (Å²) in [7, 11) is 0. The minimum Gasteiger partial charge on any atom is -0.445 e. The standard InChI is InChI=1S/C20H30N2O3.ClH/c23-20(25-16-17-6-2-1-3-7-17)22-14-5-4-8-18(22)11-15-24-19-9-12-21-13-10-19;/h1-3,6-7,18-19,21H,4-5,8-16H2;1H/t18-;/m1./s1. The van der Waals surface area contributed by atoms with E-state index in [2.05, 4.69) is 5.32 Å². The van der Waals surface area contributed by atoms with Gasteiger partial charge in [0.05, 0.1) is 6.10 Å². The Balaban J connectivity index is 0.00000243. The zero-order valence-electron chi connectivity index (χ0n) is 15.4. The van der Waals surface area contributed by atoms with Gasteiger partial charge >= 0.3 is 6.09 Å². The molecular formula is C20H31ClN2O3. The highest BCUT2D eigenvalue weighted by Gasteiger charge is 2.28. The lowest BCUT2D eigenvalue weighted by molar-refractivity contribution is 0.0121. The molecule has 0 spiro atoms. The van der Waals surface area contributed by atoms with Crippen LogP contribution in [-0.4, -0.2) is 49.4 Å². The molecule has 6 heteroatoms. The number of hydrogen-bond acceptors (Lipinski definition) is 4. The molecule has 146 valence electrons. The lowest BCUT2D eigenvalue weighted by atomic mass is 10.00. The second-order valence-corrected chi connectivity index (χ2v) is 6.99. The monoisotopic (exact) mass is 382 g/mol. The summed E-state index contributed by atoms with van der Waals surface area (Å²) in [6.45, 7) is 3.97. The molecule has 2 heterocycles. The smallest absolute Gasteiger partial charge is 0.410 e. The van der Waals surface area contributed by atoms with Crippen LogP contribution in [0.3, 0.4) is 0 Å². The van der Waals surface area contributed by atoms with Crippen molar-refractivity contribution in [1.82, 2.24) is 10.2 Å². The third-order valence-corrected chi connectivity index (χ3v) is 5.16. The SMILES string of the molecule is Cl.O=C(OCc1ccccc1)N1CCCC[C@@H]1CCOC1CCNCC1. The van der Waals surface area contributed by atoms with E-state index in [9.17, 15) is 4.79 Å². The van der Waals surface area contributed by atoms with Crippen LogP contribution < -0.4 is 5.32 Å². The van der Waals surface area contributed by atoms with E-state index in [1.54, 1.807) is 0 Å². The van der Waals surface area contributed by atoms with Crippen molar-refractivity contribution in [3.05, 3.63) is 35.9 Å². The molecule has 3 rings (SSSR count). The van der Waals surface area contributed by atoms with Crippen molar-refractivity contribution >= 4 is 18.5 Å². The number of amides is 1. The van der Waals surface area contributed by atoms with Crippen molar-refractivity contribution in [2.24, 2.45) is 0 Å². The molecule has 0 unspecified atom stereocenters. The van der Waals surface area contributed by atoms with Crippen molar-refractivity contribution in [3.63, 3.8) is 0 Å². The topological polar surface area (TPSA) is 50.8 Å². The van der Waals surface area contributed by atoms with Gasteiger partial charge in [0.2, 0.25) is 0 Å².